The highest BCUT2D eigenvalue weighted by molar-refractivity contribution is 9.10. The molecule has 0 saturated heterocycles. The molecule has 0 aliphatic heterocycles. The molecule has 0 unspecified atom stereocenters. The van der Waals surface area contributed by atoms with Gasteiger partial charge in [-0.25, -0.2) is 4.98 Å². The number of pyridine rings is 1. The second-order valence-electron chi connectivity index (χ2n) is 3.08. The van der Waals surface area contributed by atoms with Gasteiger partial charge < -0.3 is 0 Å². The van der Waals surface area contributed by atoms with Crippen LogP contribution in [0.25, 0.3) is 21.8 Å². The van der Waals surface area contributed by atoms with Crippen LogP contribution in [0, 0.1) is 0 Å². The molecule has 0 amide bonds. The average Bonchev–Trinajstić information content (AvgIpc) is 2.61. The van der Waals surface area contributed by atoms with Gasteiger partial charge in [0.2, 0.25) is 0 Å². The van der Waals surface area contributed by atoms with Gasteiger partial charge in [0.05, 0.1) is 5.39 Å². The summed E-state index contributed by atoms with van der Waals surface area (Å²) < 4.78 is 0.886. The fraction of sp³-hybridized carbons (Fsp3) is 0. The summed E-state index contributed by atoms with van der Waals surface area (Å²) in [5.74, 6) is 0. The first-order chi connectivity index (χ1) is 6.86. The Kier molecular flexibility index (Phi) is 1.58. The molecule has 0 bridgehead atoms. The molecular formula is C10H6BrN3. The summed E-state index contributed by atoms with van der Waals surface area (Å²) in [5.41, 5.74) is 0.746. The fourth-order valence-electron chi connectivity index (χ4n) is 1.61. The summed E-state index contributed by atoms with van der Waals surface area (Å²) in [7, 11) is 0. The van der Waals surface area contributed by atoms with E-state index in [0.717, 1.165) is 26.4 Å². The van der Waals surface area contributed by atoms with Crippen LogP contribution in [0.2, 0.25) is 0 Å². The maximum Gasteiger partial charge on any atom is 0.182 e. The van der Waals surface area contributed by atoms with Crippen LogP contribution in [0.15, 0.2) is 35.1 Å². The van der Waals surface area contributed by atoms with E-state index in [9.17, 15) is 0 Å². The zero-order valence-electron chi connectivity index (χ0n) is 7.16. The molecule has 0 aliphatic carbocycles. The molecule has 4 heteroatoms. The summed E-state index contributed by atoms with van der Waals surface area (Å²) in [5, 5.41) is 10.3. The number of benzene rings is 1. The molecule has 14 heavy (non-hydrogen) atoms. The van der Waals surface area contributed by atoms with Crippen LogP contribution >= 0.6 is 15.9 Å². The molecule has 3 nitrogen and oxygen atoms in total. The normalized spacial score (nSPS) is 11.2. The Hall–Kier alpha value is -1.42. The molecule has 68 valence electrons. The topological polar surface area (TPSA) is 41.6 Å². The van der Waals surface area contributed by atoms with Gasteiger partial charge in [0.15, 0.2) is 5.65 Å². The van der Waals surface area contributed by atoms with Crippen LogP contribution in [0.5, 0.6) is 0 Å². The van der Waals surface area contributed by atoms with E-state index in [2.05, 4.69) is 37.2 Å². The first-order valence-corrected chi connectivity index (χ1v) is 5.03. The number of H-pyrrole nitrogens is 1. The van der Waals surface area contributed by atoms with Gasteiger partial charge in [-0.05, 0) is 21.3 Å². The third-order valence-electron chi connectivity index (χ3n) is 2.26. The minimum absolute atomic E-state index is 0.746. The molecule has 0 radical (unpaired) electrons. The zero-order valence-corrected chi connectivity index (χ0v) is 8.75. The maximum absolute atomic E-state index is 4.26. The molecular weight excluding hydrogens is 242 g/mol. The second-order valence-corrected chi connectivity index (χ2v) is 3.87. The van der Waals surface area contributed by atoms with Crippen molar-refractivity contribution in [1.82, 2.24) is 15.2 Å². The van der Waals surface area contributed by atoms with E-state index in [1.54, 1.807) is 0 Å². The van der Waals surface area contributed by atoms with Crippen LogP contribution in [-0.4, -0.2) is 15.2 Å². The van der Waals surface area contributed by atoms with Crippen LogP contribution < -0.4 is 0 Å². The van der Waals surface area contributed by atoms with Crippen LogP contribution in [-0.2, 0) is 0 Å². The highest BCUT2D eigenvalue weighted by Gasteiger charge is 2.07. The number of nitrogens with one attached hydrogen (secondary N) is 1. The van der Waals surface area contributed by atoms with Crippen molar-refractivity contribution < 1.29 is 0 Å². The number of aromatic nitrogens is 3. The Morgan fingerprint density at radius 3 is 3.00 bits per heavy atom. The summed E-state index contributed by atoms with van der Waals surface area (Å²) in [6.45, 7) is 0. The number of halogens is 1. The van der Waals surface area contributed by atoms with Gasteiger partial charge in [-0.15, -0.1) is 0 Å². The number of hydrogen-bond acceptors (Lipinski definition) is 2. The first-order valence-electron chi connectivity index (χ1n) is 4.23. The third-order valence-corrected chi connectivity index (χ3v) is 2.83. The number of nitrogens with zero attached hydrogens (tertiary/aromatic N) is 2. The largest absolute Gasteiger partial charge is 0.269 e. The Bertz CT molecular complexity index is 615. The maximum atomic E-state index is 4.26. The van der Waals surface area contributed by atoms with Crippen LogP contribution in [0.4, 0.5) is 0 Å². The lowest BCUT2D eigenvalue weighted by Crippen LogP contribution is -1.78. The quantitative estimate of drug-likeness (QED) is 0.664. The van der Waals surface area contributed by atoms with Gasteiger partial charge in [0.25, 0.3) is 0 Å². The van der Waals surface area contributed by atoms with E-state index in [4.69, 9.17) is 0 Å². The summed E-state index contributed by atoms with van der Waals surface area (Å²) >= 11 is 3.43. The van der Waals surface area contributed by atoms with Gasteiger partial charge >= 0.3 is 0 Å². The van der Waals surface area contributed by atoms with Crippen molar-refractivity contribution in [3.8, 4) is 0 Å². The van der Waals surface area contributed by atoms with E-state index in [1.165, 1.54) is 0 Å². The van der Waals surface area contributed by atoms with Gasteiger partial charge in [-0.1, -0.05) is 24.3 Å². The van der Waals surface area contributed by atoms with Crippen LogP contribution in [0.3, 0.4) is 0 Å². The van der Waals surface area contributed by atoms with E-state index >= 15 is 0 Å². The van der Waals surface area contributed by atoms with Gasteiger partial charge in [-0.3, -0.25) is 5.10 Å². The lowest BCUT2D eigenvalue weighted by Gasteiger charge is -1.97. The summed E-state index contributed by atoms with van der Waals surface area (Å²) in [4.78, 5) is 4.26. The Morgan fingerprint density at radius 2 is 2.07 bits per heavy atom. The summed E-state index contributed by atoms with van der Waals surface area (Å²) in [6, 6.07) is 8.13. The molecule has 0 atom stereocenters. The third kappa shape index (κ3) is 0.974. The first kappa shape index (κ1) is 7.94. The molecule has 2 heterocycles. The predicted octanol–water partition coefficient (Wildman–Crippen LogP) is 2.87. The fourth-order valence-corrected chi connectivity index (χ4v) is 2.09. The number of aromatic amines is 1. The minimum Gasteiger partial charge on any atom is -0.269 e. The van der Waals surface area contributed by atoms with Crippen molar-refractivity contribution in [2.75, 3.05) is 0 Å². The molecule has 1 aromatic carbocycles. The van der Waals surface area contributed by atoms with Crippen molar-refractivity contribution in [3.05, 3.63) is 35.1 Å². The van der Waals surface area contributed by atoms with Gasteiger partial charge in [0.1, 0.15) is 4.60 Å². The number of rotatable bonds is 0. The second kappa shape index (κ2) is 2.78. The van der Waals surface area contributed by atoms with E-state index in [-0.39, 0.29) is 0 Å². The van der Waals surface area contributed by atoms with E-state index in [1.807, 2.05) is 24.4 Å². The number of hydrogen-bond donors (Lipinski definition) is 1. The molecule has 0 fully saturated rings. The Balaban J connectivity index is 2.65. The molecule has 2 aromatic heterocycles. The molecule has 1 N–H and O–H groups in total. The van der Waals surface area contributed by atoms with Gasteiger partial charge in [-0.2, -0.15) is 5.10 Å². The standard InChI is InChI=1S/C10H6BrN3/c11-9-8-7-4-2-1-3-6(7)5-12-10(8)14-13-9/h1-5H,(H,12,13,14). The van der Waals surface area contributed by atoms with Crippen molar-refractivity contribution in [2.24, 2.45) is 0 Å². The summed E-state index contributed by atoms with van der Waals surface area (Å²) in [6.07, 6.45) is 1.84. The Morgan fingerprint density at radius 1 is 1.21 bits per heavy atom. The van der Waals surface area contributed by atoms with Crippen molar-refractivity contribution >= 4 is 37.7 Å². The van der Waals surface area contributed by atoms with Crippen LogP contribution in [0.1, 0.15) is 0 Å². The van der Waals surface area contributed by atoms with Crippen molar-refractivity contribution in [2.45, 2.75) is 0 Å². The molecule has 0 spiro atoms. The predicted molar refractivity (Wildman–Crippen MR) is 59.1 cm³/mol. The number of fused-ring (bicyclic) bond motifs is 3. The molecule has 3 rings (SSSR count). The molecule has 0 aliphatic rings. The highest BCUT2D eigenvalue weighted by Crippen LogP contribution is 2.27. The van der Waals surface area contributed by atoms with E-state index < -0.39 is 0 Å². The van der Waals surface area contributed by atoms with Crippen molar-refractivity contribution in [3.63, 3.8) is 0 Å². The minimum atomic E-state index is 0.746. The Labute approximate surface area is 88.3 Å². The van der Waals surface area contributed by atoms with E-state index in [0.29, 0.717) is 0 Å². The molecule has 0 saturated carbocycles. The van der Waals surface area contributed by atoms with Gasteiger partial charge in [0, 0.05) is 11.6 Å². The highest BCUT2D eigenvalue weighted by atomic mass is 79.9. The average molecular weight is 248 g/mol. The lowest BCUT2D eigenvalue weighted by molar-refractivity contribution is 1.08. The molecule has 3 aromatic rings. The monoisotopic (exact) mass is 247 g/mol. The van der Waals surface area contributed by atoms with Crippen molar-refractivity contribution in [1.29, 1.82) is 0 Å². The zero-order chi connectivity index (χ0) is 9.54. The lowest BCUT2D eigenvalue weighted by atomic mass is 10.1. The SMILES string of the molecule is Brc1[nH]nc2ncc3ccccc3c12. The smallest absolute Gasteiger partial charge is 0.182 e.